The Labute approximate surface area is 134 Å². The maximum absolute atomic E-state index is 6.13. The van der Waals surface area contributed by atoms with E-state index in [2.05, 4.69) is 4.98 Å². The summed E-state index contributed by atoms with van der Waals surface area (Å²) in [5, 5.41) is 1.12. The normalized spacial score (nSPS) is 16.3. The Balaban J connectivity index is 2.03. The predicted molar refractivity (Wildman–Crippen MR) is 88.1 cm³/mol. The van der Waals surface area contributed by atoms with E-state index in [9.17, 15) is 0 Å². The lowest BCUT2D eigenvalue weighted by Gasteiger charge is -2.20. The second kappa shape index (κ2) is 5.78. The maximum Gasteiger partial charge on any atom is 0.150 e. The third kappa shape index (κ3) is 2.83. The number of hydrogen-bond acceptors (Lipinski definition) is 3. The summed E-state index contributed by atoms with van der Waals surface area (Å²) in [6.45, 7) is 0. The van der Waals surface area contributed by atoms with Gasteiger partial charge in [-0.15, -0.1) is 0 Å². The number of halogens is 2. The van der Waals surface area contributed by atoms with Gasteiger partial charge in [-0.25, -0.2) is 9.66 Å². The fourth-order valence-electron chi connectivity index (χ4n) is 3.01. The topological polar surface area (TPSA) is 69.9 Å². The van der Waals surface area contributed by atoms with E-state index in [4.69, 9.17) is 34.8 Å². The van der Waals surface area contributed by atoms with Gasteiger partial charge in [0, 0.05) is 21.5 Å². The van der Waals surface area contributed by atoms with E-state index >= 15 is 0 Å². The molecule has 1 aromatic heterocycles. The zero-order valence-corrected chi connectivity index (χ0v) is 13.2. The van der Waals surface area contributed by atoms with Crippen LogP contribution in [0.25, 0.3) is 11.3 Å². The smallest absolute Gasteiger partial charge is 0.150 e. The van der Waals surface area contributed by atoms with E-state index in [0.717, 1.165) is 24.2 Å². The van der Waals surface area contributed by atoms with Crippen LogP contribution in [0, 0.1) is 0 Å². The molecule has 0 unspecified atom stereocenters. The van der Waals surface area contributed by atoms with Gasteiger partial charge in [-0.3, -0.25) is 0 Å². The quantitative estimate of drug-likeness (QED) is 0.813. The number of rotatable bonds is 2. The second-order valence-electron chi connectivity index (χ2n) is 5.57. The Morgan fingerprint density at radius 1 is 1.05 bits per heavy atom. The summed E-state index contributed by atoms with van der Waals surface area (Å²) < 4.78 is 1.51. The molecule has 0 saturated heterocycles. The standard InChI is InChI=1S/C15H18Cl2N4/c16-11-6-10(7-12(17)8-11)13-14(18)21(19)15(20-13)9-4-2-1-3-5-9/h6-9H,1-5,18-19H2. The molecule has 4 N–H and O–H groups in total. The van der Waals surface area contributed by atoms with Crippen molar-refractivity contribution < 1.29 is 0 Å². The van der Waals surface area contributed by atoms with Gasteiger partial charge >= 0.3 is 0 Å². The highest BCUT2D eigenvalue weighted by Gasteiger charge is 2.24. The van der Waals surface area contributed by atoms with Crippen molar-refractivity contribution in [1.29, 1.82) is 0 Å². The van der Waals surface area contributed by atoms with Crippen LogP contribution < -0.4 is 11.6 Å². The molecule has 1 aromatic carbocycles. The van der Waals surface area contributed by atoms with Crippen LogP contribution in [0.1, 0.15) is 43.8 Å². The molecular weight excluding hydrogens is 307 g/mol. The van der Waals surface area contributed by atoms with Crippen LogP contribution in [0.3, 0.4) is 0 Å². The van der Waals surface area contributed by atoms with E-state index in [-0.39, 0.29) is 0 Å². The van der Waals surface area contributed by atoms with Gasteiger partial charge in [0.1, 0.15) is 11.5 Å². The summed E-state index contributed by atoms with van der Waals surface area (Å²) in [6.07, 6.45) is 5.95. The van der Waals surface area contributed by atoms with E-state index < -0.39 is 0 Å². The van der Waals surface area contributed by atoms with Gasteiger partial charge in [0.2, 0.25) is 0 Å². The SMILES string of the molecule is Nc1c(-c2cc(Cl)cc(Cl)c2)nc(C2CCCCC2)n1N. The molecule has 6 heteroatoms. The first-order valence-corrected chi connectivity index (χ1v) is 7.91. The van der Waals surface area contributed by atoms with Gasteiger partial charge in [0.25, 0.3) is 0 Å². The maximum atomic E-state index is 6.13. The van der Waals surface area contributed by atoms with Crippen molar-refractivity contribution in [1.82, 2.24) is 9.66 Å². The Morgan fingerprint density at radius 3 is 2.29 bits per heavy atom. The Kier molecular flexibility index (Phi) is 4.00. The lowest BCUT2D eigenvalue weighted by atomic mass is 9.89. The highest BCUT2D eigenvalue weighted by molar-refractivity contribution is 6.35. The molecule has 1 fully saturated rings. The van der Waals surface area contributed by atoms with Gasteiger partial charge in [-0.1, -0.05) is 42.5 Å². The first-order valence-electron chi connectivity index (χ1n) is 7.16. The highest BCUT2D eigenvalue weighted by Crippen LogP contribution is 2.36. The van der Waals surface area contributed by atoms with Crippen molar-refractivity contribution in [3.05, 3.63) is 34.1 Å². The summed E-state index contributed by atoms with van der Waals surface area (Å²) in [7, 11) is 0. The molecule has 1 aliphatic carbocycles. The molecule has 0 bridgehead atoms. The molecule has 0 spiro atoms. The monoisotopic (exact) mass is 324 g/mol. The lowest BCUT2D eigenvalue weighted by molar-refractivity contribution is 0.424. The second-order valence-corrected chi connectivity index (χ2v) is 6.44. The van der Waals surface area contributed by atoms with Gasteiger partial charge in [0.05, 0.1) is 0 Å². The fraction of sp³-hybridized carbons (Fsp3) is 0.400. The molecular formula is C15H18Cl2N4. The predicted octanol–water partition coefficient (Wildman–Crippen LogP) is 4.20. The number of imidazole rings is 1. The zero-order chi connectivity index (χ0) is 15.0. The Morgan fingerprint density at radius 2 is 1.67 bits per heavy atom. The minimum Gasteiger partial charge on any atom is -0.382 e. The van der Waals surface area contributed by atoms with Gasteiger partial charge < -0.3 is 11.6 Å². The van der Waals surface area contributed by atoms with Gasteiger partial charge in [-0.2, -0.15) is 0 Å². The van der Waals surface area contributed by atoms with Crippen molar-refractivity contribution in [3.63, 3.8) is 0 Å². The van der Waals surface area contributed by atoms with Crippen molar-refractivity contribution in [2.75, 3.05) is 11.6 Å². The average Bonchev–Trinajstić information content (AvgIpc) is 2.75. The number of nitrogens with two attached hydrogens (primary N) is 2. The van der Waals surface area contributed by atoms with Crippen LogP contribution in [0.5, 0.6) is 0 Å². The number of aromatic nitrogens is 2. The molecule has 2 aromatic rings. The first kappa shape index (κ1) is 14.5. The molecule has 1 heterocycles. The van der Waals surface area contributed by atoms with Crippen molar-refractivity contribution in [2.45, 2.75) is 38.0 Å². The Hall–Kier alpha value is -1.39. The summed E-state index contributed by atoms with van der Waals surface area (Å²) in [6, 6.07) is 5.29. The van der Waals surface area contributed by atoms with Crippen molar-refractivity contribution in [3.8, 4) is 11.3 Å². The van der Waals surface area contributed by atoms with E-state index in [1.54, 1.807) is 18.2 Å². The summed E-state index contributed by atoms with van der Waals surface area (Å²) in [5.74, 6) is 7.81. The van der Waals surface area contributed by atoms with Crippen molar-refractivity contribution in [2.24, 2.45) is 0 Å². The largest absolute Gasteiger partial charge is 0.382 e. The number of anilines is 1. The number of hydrogen-bond donors (Lipinski definition) is 2. The summed E-state index contributed by atoms with van der Waals surface area (Å²) in [4.78, 5) is 4.68. The number of nitrogens with zero attached hydrogens (tertiary/aromatic N) is 2. The summed E-state index contributed by atoms with van der Waals surface area (Å²) >= 11 is 12.1. The molecule has 4 nitrogen and oxygen atoms in total. The molecule has 21 heavy (non-hydrogen) atoms. The zero-order valence-electron chi connectivity index (χ0n) is 11.6. The van der Waals surface area contributed by atoms with Crippen LogP contribution in [-0.2, 0) is 0 Å². The Bertz CT molecular complexity index is 640. The van der Waals surface area contributed by atoms with Crippen LogP contribution >= 0.6 is 23.2 Å². The minimum atomic E-state index is 0.384. The fourth-order valence-corrected chi connectivity index (χ4v) is 3.54. The molecule has 0 amide bonds. The molecule has 1 aliphatic rings. The van der Waals surface area contributed by atoms with Crippen LogP contribution in [0.2, 0.25) is 10.0 Å². The van der Waals surface area contributed by atoms with Crippen LogP contribution in [0.15, 0.2) is 18.2 Å². The van der Waals surface area contributed by atoms with E-state index in [1.807, 2.05) is 0 Å². The molecule has 3 rings (SSSR count). The molecule has 112 valence electrons. The van der Waals surface area contributed by atoms with E-state index in [1.165, 1.54) is 23.9 Å². The third-order valence-electron chi connectivity index (χ3n) is 4.08. The summed E-state index contributed by atoms with van der Waals surface area (Å²) in [5.41, 5.74) is 7.58. The molecule has 0 atom stereocenters. The highest BCUT2D eigenvalue weighted by atomic mass is 35.5. The van der Waals surface area contributed by atoms with Crippen molar-refractivity contribution >= 4 is 29.0 Å². The van der Waals surface area contributed by atoms with Crippen LogP contribution in [-0.4, -0.2) is 9.66 Å². The minimum absolute atomic E-state index is 0.384. The first-order chi connectivity index (χ1) is 10.1. The molecule has 1 saturated carbocycles. The van der Waals surface area contributed by atoms with Gasteiger partial charge in [0.15, 0.2) is 5.82 Å². The molecule has 0 aliphatic heterocycles. The van der Waals surface area contributed by atoms with Gasteiger partial charge in [-0.05, 0) is 31.0 Å². The average molecular weight is 325 g/mol. The number of benzene rings is 1. The van der Waals surface area contributed by atoms with E-state index in [0.29, 0.717) is 27.5 Å². The third-order valence-corrected chi connectivity index (χ3v) is 4.52. The lowest BCUT2D eigenvalue weighted by Crippen LogP contribution is -2.19. The van der Waals surface area contributed by atoms with Crippen LogP contribution in [0.4, 0.5) is 5.82 Å². The number of nitrogen functional groups attached to an aromatic ring is 2. The molecule has 0 radical (unpaired) electrons.